The number of fused-ring (bicyclic) bond motifs is 1. The van der Waals surface area contributed by atoms with Crippen LogP contribution in [0.15, 0.2) is 53.9 Å². The highest BCUT2D eigenvalue weighted by atomic mass is 32.2. The number of rotatable bonds is 6. The summed E-state index contributed by atoms with van der Waals surface area (Å²) < 4.78 is 55.3. The van der Waals surface area contributed by atoms with Crippen LogP contribution in [0, 0.1) is 0 Å². The molecular formula is C18H18N2O5S2. The van der Waals surface area contributed by atoms with Crippen molar-refractivity contribution in [3.63, 3.8) is 0 Å². The Morgan fingerprint density at radius 3 is 2.33 bits per heavy atom. The van der Waals surface area contributed by atoms with Crippen molar-refractivity contribution in [2.24, 2.45) is 0 Å². The number of benzene rings is 2. The van der Waals surface area contributed by atoms with E-state index >= 15 is 0 Å². The zero-order chi connectivity index (χ0) is 19.7. The predicted octanol–water partition coefficient (Wildman–Crippen LogP) is 2.44. The Balaban J connectivity index is 1.94. The third kappa shape index (κ3) is 4.37. The van der Waals surface area contributed by atoms with E-state index in [0.717, 1.165) is 15.6 Å². The fourth-order valence-corrected chi connectivity index (χ4v) is 4.74. The molecule has 1 heterocycles. The molecule has 2 aromatic carbocycles. The Labute approximate surface area is 157 Å². The van der Waals surface area contributed by atoms with Crippen LogP contribution in [0.4, 0.5) is 0 Å². The Bertz CT molecular complexity index is 1210. The quantitative estimate of drug-likeness (QED) is 0.624. The topological polar surface area (TPSA) is 95.3 Å². The Kier molecular flexibility index (Phi) is 5.07. The van der Waals surface area contributed by atoms with E-state index < -0.39 is 25.6 Å². The molecule has 3 rings (SSSR count). The van der Waals surface area contributed by atoms with Gasteiger partial charge in [-0.1, -0.05) is 24.3 Å². The minimum atomic E-state index is -3.74. The monoisotopic (exact) mass is 406 g/mol. The summed E-state index contributed by atoms with van der Waals surface area (Å²) in [6, 6.07) is 13.5. The van der Waals surface area contributed by atoms with E-state index in [2.05, 4.69) is 4.98 Å². The van der Waals surface area contributed by atoms with Crippen LogP contribution < -0.4 is 4.74 Å². The number of sulfone groups is 1. The predicted molar refractivity (Wildman–Crippen MR) is 105 cm³/mol. The number of imidazole rings is 1. The van der Waals surface area contributed by atoms with Gasteiger partial charge in [0.05, 0.1) is 24.4 Å². The smallest absolute Gasteiger partial charge is 0.237 e. The molecule has 0 unspecified atom stereocenters. The second-order valence-corrected chi connectivity index (χ2v) is 9.65. The molecule has 0 aliphatic rings. The van der Waals surface area contributed by atoms with Crippen LogP contribution in [0.25, 0.3) is 17.1 Å². The number of hydrogen-bond acceptors (Lipinski definition) is 6. The molecule has 142 valence electrons. The van der Waals surface area contributed by atoms with Crippen molar-refractivity contribution in [3.8, 4) is 5.75 Å². The van der Waals surface area contributed by atoms with Crippen LogP contribution in [-0.4, -0.2) is 39.2 Å². The van der Waals surface area contributed by atoms with Gasteiger partial charge in [0.2, 0.25) is 10.0 Å². The lowest BCUT2D eigenvalue weighted by molar-refractivity contribution is 0.415. The lowest BCUT2D eigenvalue weighted by Crippen LogP contribution is -2.16. The van der Waals surface area contributed by atoms with E-state index in [9.17, 15) is 16.8 Å². The molecule has 7 nitrogen and oxygen atoms in total. The van der Waals surface area contributed by atoms with Gasteiger partial charge in [-0.15, -0.1) is 0 Å². The molecule has 0 atom stereocenters. The lowest BCUT2D eigenvalue weighted by atomic mass is 10.2. The van der Waals surface area contributed by atoms with E-state index in [1.165, 1.54) is 6.08 Å². The van der Waals surface area contributed by atoms with Crippen molar-refractivity contribution >= 4 is 37.0 Å². The summed E-state index contributed by atoms with van der Waals surface area (Å²) in [7, 11) is -5.91. The van der Waals surface area contributed by atoms with Crippen LogP contribution >= 0.6 is 0 Å². The SMILES string of the molecule is COc1ccc(/C=C/S(=O)(=O)Cc2nc3ccccc3n2S(C)(=O)=O)cc1. The lowest BCUT2D eigenvalue weighted by Gasteiger charge is -2.06. The van der Waals surface area contributed by atoms with E-state index in [1.54, 1.807) is 55.6 Å². The van der Waals surface area contributed by atoms with Crippen molar-refractivity contribution in [1.82, 2.24) is 8.96 Å². The van der Waals surface area contributed by atoms with Gasteiger partial charge in [0.25, 0.3) is 0 Å². The fourth-order valence-electron chi connectivity index (χ4n) is 2.64. The zero-order valence-corrected chi connectivity index (χ0v) is 16.4. The number of methoxy groups -OCH3 is 1. The number of para-hydroxylation sites is 2. The van der Waals surface area contributed by atoms with Gasteiger partial charge >= 0.3 is 0 Å². The third-order valence-electron chi connectivity index (χ3n) is 3.83. The second-order valence-electron chi connectivity index (χ2n) is 5.93. The van der Waals surface area contributed by atoms with Crippen molar-refractivity contribution in [1.29, 1.82) is 0 Å². The van der Waals surface area contributed by atoms with Crippen LogP contribution in [0.5, 0.6) is 5.75 Å². The minimum Gasteiger partial charge on any atom is -0.497 e. The van der Waals surface area contributed by atoms with E-state index in [1.807, 2.05) is 0 Å². The summed E-state index contributed by atoms with van der Waals surface area (Å²) in [6.45, 7) is 0. The van der Waals surface area contributed by atoms with Gasteiger partial charge in [-0.2, -0.15) is 0 Å². The van der Waals surface area contributed by atoms with Gasteiger partial charge in [0.15, 0.2) is 9.84 Å². The molecule has 0 aliphatic carbocycles. The van der Waals surface area contributed by atoms with Crippen molar-refractivity contribution in [3.05, 3.63) is 65.3 Å². The number of aromatic nitrogens is 2. The van der Waals surface area contributed by atoms with E-state index in [-0.39, 0.29) is 5.82 Å². The largest absolute Gasteiger partial charge is 0.497 e. The average molecular weight is 406 g/mol. The van der Waals surface area contributed by atoms with E-state index in [0.29, 0.717) is 22.3 Å². The van der Waals surface area contributed by atoms with Crippen LogP contribution in [-0.2, 0) is 25.6 Å². The molecule has 0 saturated carbocycles. The molecule has 0 amide bonds. The van der Waals surface area contributed by atoms with Crippen LogP contribution in [0.2, 0.25) is 0 Å². The number of hydrogen-bond donors (Lipinski definition) is 0. The maximum absolute atomic E-state index is 12.5. The molecule has 0 saturated heterocycles. The molecule has 3 aromatic rings. The van der Waals surface area contributed by atoms with Crippen molar-refractivity contribution in [2.45, 2.75) is 5.75 Å². The molecular weight excluding hydrogens is 388 g/mol. The van der Waals surface area contributed by atoms with Gasteiger partial charge in [0.1, 0.15) is 17.3 Å². The Morgan fingerprint density at radius 2 is 1.70 bits per heavy atom. The summed E-state index contributed by atoms with van der Waals surface area (Å²) >= 11 is 0. The molecule has 27 heavy (non-hydrogen) atoms. The standard InChI is InChI=1S/C18H18N2O5S2/c1-25-15-9-7-14(8-10-15)11-12-27(23,24)13-18-19-16-5-3-4-6-17(16)20(18)26(2,21)22/h3-12H,13H2,1-2H3/b12-11+. The summed E-state index contributed by atoms with van der Waals surface area (Å²) in [5.74, 6) is 0.0939. The number of nitrogens with zero attached hydrogens (tertiary/aromatic N) is 2. The molecule has 1 aromatic heterocycles. The summed E-state index contributed by atoms with van der Waals surface area (Å²) in [6.07, 6.45) is 2.46. The highest BCUT2D eigenvalue weighted by Gasteiger charge is 2.21. The van der Waals surface area contributed by atoms with Gasteiger partial charge < -0.3 is 4.74 Å². The van der Waals surface area contributed by atoms with Crippen LogP contribution in [0.3, 0.4) is 0 Å². The van der Waals surface area contributed by atoms with Crippen molar-refractivity contribution in [2.75, 3.05) is 13.4 Å². The molecule has 9 heteroatoms. The molecule has 0 spiro atoms. The van der Waals surface area contributed by atoms with E-state index in [4.69, 9.17) is 4.74 Å². The minimum absolute atomic E-state index is 0.0434. The van der Waals surface area contributed by atoms with Gasteiger partial charge in [-0.25, -0.2) is 25.8 Å². The molecule has 0 N–H and O–H groups in total. The Hall–Kier alpha value is -2.65. The third-order valence-corrected chi connectivity index (χ3v) is 6.11. The fraction of sp³-hybridized carbons (Fsp3) is 0.167. The second kappa shape index (κ2) is 7.16. The van der Waals surface area contributed by atoms with Crippen molar-refractivity contribution < 1.29 is 21.6 Å². The molecule has 0 fully saturated rings. The molecule has 0 aliphatic heterocycles. The summed E-state index contributed by atoms with van der Waals surface area (Å²) in [5.41, 5.74) is 1.45. The van der Waals surface area contributed by atoms with Gasteiger partial charge in [-0.05, 0) is 35.9 Å². The van der Waals surface area contributed by atoms with Gasteiger partial charge in [0, 0.05) is 5.41 Å². The number of ether oxygens (including phenoxy) is 1. The average Bonchev–Trinajstić information content (AvgIpc) is 2.97. The first-order valence-electron chi connectivity index (χ1n) is 7.91. The highest BCUT2D eigenvalue weighted by Crippen LogP contribution is 2.20. The highest BCUT2D eigenvalue weighted by molar-refractivity contribution is 7.93. The maximum atomic E-state index is 12.5. The first-order chi connectivity index (χ1) is 12.7. The van der Waals surface area contributed by atoms with Gasteiger partial charge in [-0.3, -0.25) is 0 Å². The normalized spacial score (nSPS) is 12.7. The van der Waals surface area contributed by atoms with Crippen LogP contribution in [0.1, 0.15) is 11.4 Å². The molecule has 0 radical (unpaired) electrons. The first-order valence-corrected chi connectivity index (χ1v) is 11.5. The summed E-state index contributed by atoms with van der Waals surface area (Å²) in [4.78, 5) is 4.20. The molecule has 0 bridgehead atoms. The first kappa shape index (κ1) is 19.1. The maximum Gasteiger partial charge on any atom is 0.237 e. The Morgan fingerprint density at radius 1 is 1.04 bits per heavy atom. The summed E-state index contributed by atoms with van der Waals surface area (Å²) in [5, 5.41) is 1.06. The zero-order valence-electron chi connectivity index (χ0n) is 14.7.